The van der Waals surface area contributed by atoms with E-state index < -0.39 is 24.5 Å². The van der Waals surface area contributed by atoms with E-state index in [0.717, 1.165) is 12.8 Å². The molecule has 1 rings (SSSR count). The molecule has 16 heavy (non-hydrogen) atoms. The second-order valence-electron chi connectivity index (χ2n) is 4.15. The summed E-state index contributed by atoms with van der Waals surface area (Å²) in [4.78, 5) is 11.5. The molecule has 4 nitrogen and oxygen atoms in total. The maximum Gasteiger partial charge on any atom is 0.328 e. The lowest BCUT2D eigenvalue weighted by Gasteiger charge is -2.27. The van der Waals surface area contributed by atoms with Crippen LogP contribution < -0.4 is 5.32 Å². The van der Waals surface area contributed by atoms with Gasteiger partial charge in [0, 0.05) is 6.04 Å². The summed E-state index contributed by atoms with van der Waals surface area (Å²) < 4.78 is 33.2. The zero-order chi connectivity index (χ0) is 12.2. The van der Waals surface area contributed by atoms with Crippen LogP contribution in [0, 0.1) is 0 Å². The summed E-state index contributed by atoms with van der Waals surface area (Å²) in [6.07, 6.45) is -0.550. The van der Waals surface area contributed by atoms with Crippen molar-refractivity contribution in [1.29, 1.82) is 0 Å². The standard InChI is InChI=1S/C10H17F2NO3/c1-10(9(14)15-2,13-7-3-4-7)6-16-5-8(11)12/h7-8,13H,3-6H2,1-2H3. The van der Waals surface area contributed by atoms with E-state index in [1.807, 2.05) is 0 Å². The molecule has 0 aliphatic heterocycles. The number of esters is 1. The van der Waals surface area contributed by atoms with Crippen molar-refractivity contribution < 1.29 is 23.0 Å². The van der Waals surface area contributed by atoms with E-state index in [1.165, 1.54) is 7.11 Å². The first-order valence-corrected chi connectivity index (χ1v) is 5.20. The number of methoxy groups -OCH3 is 1. The largest absolute Gasteiger partial charge is 0.468 e. The fourth-order valence-corrected chi connectivity index (χ4v) is 1.42. The number of halogens is 2. The van der Waals surface area contributed by atoms with Gasteiger partial charge in [0.2, 0.25) is 0 Å². The van der Waals surface area contributed by atoms with Crippen molar-refractivity contribution in [3.05, 3.63) is 0 Å². The highest BCUT2D eigenvalue weighted by Crippen LogP contribution is 2.23. The van der Waals surface area contributed by atoms with E-state index in [-0.39, 0.29) is 12.6 Å². The van der Waals surface area contributed by atoms with Gasteiger partial charge >= 0.3 is 5.97 Å². The normalized spacial score (nSPS) is 19.6. The topological polar surface area (TPSA) is 47.6 Å². The Labute approximate surface area is 93.3 Å². The predicted octanol–water partition coefficient (Wildman–Crippen LogP) is 0.952. The molecule has 0 heterocycles. The molecule has 1 unspecified atom stereocenters. The molecule has 0 amide bonds. The van der Waals surface area contributed by atoms with Gasteiger partial charge in [-0.1, -0.05) is 0 Å². The lowest BCUT2D eigenvalue weighted by molar-refractivity contribution is -0.151. The van der Waals surface area contributed by atoms with Crippen molar-refractivity contribution in [3.8, 4) is 0 Å². The van der Waals surface area contributed by atoms with E-state index in [0.29, 0.717) is 0 Å². The monoisotopic (exact) mass is 237 g/mol. The molecule has 0 radical (unpaired) electrons. The molecule has 0 aromatic heterocycles. The van der Waals surface area contributed by atoms with Gasteiger partial charge in [0.15, 0.2) is 0 Å². The number of ether oxygens (including phenoxy) is 2. The molecule has 0 aromatic rings. The van der Waals surface area contributed by atoms with Crippen molar-refractivity contribution in [3.63, 3.8) is 0 Å². The first kappa shape index (κ1) is 13.3. The number of carbonyl (C=O) groups is 1. The Kier molecular flexibility index (Phi) is 4.61. The van der Waals surface area contributed by atoms with Gasteiger partial charge in [-0.05, 0) is 19.8 Å². The molecule has 1 fully saturated rings. The second-order valence-corrected chi connectivity index (χ2v) is 4.15. The molecule has 0 bridgehead atoms. The van der Waals surface area contributed by atoms with E-state index in [4.69, 9.17) is 4.74 Å². The van der Waals surface area contributed by atoms with Crippen molar-refractivity contribution in [1.82, 2.24) is 5.32 Å². The van der Waals surface area contributed by atoms with Gasteiger partial charge in [0.1, 0.15) is 12.1 Å². The van der Waals surface area contributed by atoms with E-state index in [2.05, 4.69) is 10.1 Å². The second kappa shape index (κ2) is 5.54. The number of hydrogen-bond acceptors (Lipinski definition) is 4. The van der Waals surface area contributed by atoms with Gasteiger partial charge < -0.3 is 9.47 Å². The van der Waals surface area contributed by atoms with E-state index in [1.54, 1.807) is 6.92 Å². The summed E-state index contributed by atoms with van der Waals surface area (Å²) in [5.41, 5.74) is -1.04. The highest BCUT2D eigenvalue weighted by atomic mass is 19.3. The number of rotatable bonds is 7. The first-order valence-electron chi connectivity index (χ1n) is 5.20. The van der Waals surface area contributed by atoms with Crippen LogP contribution in [0.15, 0.2) is 0 Å². The van der Waals surface area contributed by atoms with Crippen LogP contribution in [-0.4, -0.2) is 44.3 Å². The molecule has 94 valence electrons. The molecule has 1 N–H and O–H groups in total. The van der Waals surface area contributed by atoms with Crippen molar-refractivity contribution >= 4 is 5.97 Å². The Morgan fingerprint density at radius 2 is 2.19 bits per heavy atom. The number of carbonyl (C=O) groups excluding carboxylic acids is 1. The summed E-state index contributed by atoms with van der Waals surface area (Å²) in [7, 11) is 1.27. The zero-order valence-electron chi connectivity index (χ0n) is 9.46. The molecule has 6 heteroatoms. The van der Waals surface area contributed by atoms with E-state index in [9.17, 15) is 13.6 Å². The molecule has 1 aliphatic carbocycles. The number of hydrogen-bond donors (Lipinski definition) is 1. The minimum absolute atomic E-state index is 0.111. The van der Waals surface area contributed by atoms with Gasteiger partial charge in [0.25, 0.3) is 6.43 Å². The summed E-state index contributed by atoms with van der Waals surface area (Å²) in [6.45, 7) is 0.821. The third kappa shape index (κ3) is 4.02. The summed E-state index contributed by atoms with van der Waals surface area (Å²) in [6, 6.07) is 0.263. The SMILES string of the molecule is COC(=O)C(C)(COCC(F)F)NC1CC1. The fraction of sp³-hybridized carbons (Fsp3) is 0.900. The van der Waals surface area contributed by atoms with Crippen LogP contribution in [-0.2, 0) is 14.3 Å². The number of nitrogens with one attached hydrogen (secondary N) is 1. The molecule has 1 aliphatic rings. The third-order valence-corrected chi connectivity index (χ3v) is 2.37. The fourth-order valence-electron chi connectivity index (χ4n) is 1.42. The molecular weight excluding hydrogens is 220 g/mol. The lowest BCUT2D eigenvalue weighted by Crippen LogP contribution is -2.54. The average molecular weight is 237 g/mol. The Bertz CT molecular complexity index is 246. The predicted molar refractivity (Wildman–Crippen MR) is 53.4 cm³/mol. The first-order chi connectivity index (χ1) is 7.48. The van der Waals surface area contributed by atoms with Crippen LogP contribution in [0.3, 0.4) is 0 Å². The molecule has 0 saturated heterocycles. The Hall–Kier alpha value is -0.750. The van der Waals surface area contributed by atoms with Gasteiger partial charge in [-0.25, -0.2) is 13.6 Å². The Balaban J connectivity index is 2.44. The maximum atomic E-state index is 11.9. The van der Waals surface area contributed by atoms with E-state index >= 15 is 0 Å². The van der Waals surface area contributed by atoms with Crippen LogP contribution in [0.1, 0.15) is 19.8 Å². The Morgan fingerprint density at radius 1 is 1.56 bits per heavy atom. The van der Waals surface area contributed by atoms with Gasteiger partial charge in [0.05, 0.1) is 13.7 Å². The molecule has 1 saturated carbocycles. The third-order valence-electron chi connectivity index (χ3n) is 2.37. The minimum Gasteiger partial charge on any atom is -0.468 e. The lowest BCUT2D eigenvalue weighted by atomic mass is 10.0. The highest BCUT2D eigenvalue weighted by Gasteiger charge is 2.39. The van der Waals surface area contributed by atoms with Crippen LogP contribution in [0.25, 0.3) is 0 Å². The quantitative estimate of drug-likeness (QED) is 0.670. The van der Waals surface area contributed by atoms with Crippen LogP contribution in [0.4, 0.5) is 8.78 Å². The molecule has 1 atom stereocenters. The number of alkyl halides is 2. The van der Waals surface area contributed by atoms with Crippen molar-refractivity contribution in [2.45, 2.75) is 37.8 Å². The summed E-state index contributed by atoms with van der Waals surface area (Å²) in [5, 5.41) is 3.05. The minimum atomic E-state index is -2.53. The van der Waals surface area contributed by atoms with Gasteiger partial charge in [-0.3, -0.25) is 5.32 Å². The highest BCUT2D eigenvalue weighted by molar-refractivity contribution is 5.80. The maximum absolute atomic E-state index is 11.9. The van der Waals surface area contributed by atoms with Crippen molar-refractivity contribution in [2.24, 2.45) is 0 Å². The smallest absolute Gasteiger partial charge is 0.328 e. The van der Waals surface area contributed by atoms with Gasteiger partial charge in [-0.15, -0.1) is 0 Å². The van der Waals surface area contributed by atoms with Crippen LogP contribution in [0.2, 0.25) is 0 Å². The van der Waals surface area contributed by atoms with Crippen molar-refractivity contribution in [2.75, 3.05) is 20.3 Å². The summed E-state index contributed by atoms with van der Waals surface area (Å²) >= 11 is 0. The van der Waals surface area contributed by atoms with Crippen LogP contribution >= 0.6 is 0 Å². The average Bonchev–Trinajstić information content (AvgIpc) is 2.99. The zero-order valence-corrected chi connectivity index (χ0v) is 9.46. The molecule has 0 aromatic carbocycles. The summed E-state index contributed by atoms with van der Waals surface area (Å²) in [5.74, 6) is -0.492. The Morgan fingerprint density at radius 3 is 2.62 bits per heavy atom. The van der Waals surface area contributed by atoms with Gasteiger partial charge in [-0.2, -0.15) is 0 Å². The van der Waals surface area contributed by atoms with Crippen LogP contribution in [0.5, 0.6) is 0 Å². The molecular formula is C10H17F2NO3. The molecule has 0 spiro atoms.